The highest BCUT2D eigenvalue weighted by Crippen LogP contribution is 2.34. The summed E-state index contributed by atoms with van der Waals surface area (Å²) in [4.78, 5) is 51.6. The van der Waals surface area contributed by atoms with E-state index < -0.39 is 35.5 Å². The van der Waals surface area contributed by atoms with E-state index in [2.05, 4.69) is 5.32 Å². The molecule has 0 aliphatic carbocycles. The van der Waals surface area contributed by atoms with Gasteiger partial charge < -0.3 is 10.0 Å². The molecule has 1 aromatic carbocycles. The van der Waals surface area contributed by atoms with Gasteiger partial charge in [0, 0.05) is 26.1 Å². The minimum Gasteiger partial charge on any atom is -0.396 e. The fraction of sp³-hybridized carbons (Fsp3) is 0.474. The van der Waals surface area contributed by atoms with E-state index >= 15 is 0 Å². The van der Waals surface area contributed by atoms with Crippen LogP contribution >= 0.6 is 0 Å². The molecule has 4 amide bonds. The lowest BCUT2D eigenvalue weighted by molar-refractivity contribution is -0.136. The third-order valence-electron chi connectivity index (χ3n) is 5.67. The number of hydrogen-bond acceptors (Lipinski definition) is 6. The van der Waals surface area contributed by atoms with Crippen LogP contribution in [-0.4, -0.2) is 59.4 Å². The van der Waals surface area contributed by atoms with Gasteiger partial charge in [-0.2, -0.15) is 0 Å². The Kier molecular flexibility index (Phi) is 4.62. The number of aliphatic hydroxyl groups is 1. The van der Waals surface area contributed by atoms with Gasteiger partial charge in [0.05, 0.1) is 16.8 Å². The SMILES string of the molecule is O=C1CCC(N2C(=O)c3cc(F)c(N4CCC(CCO)C4)cc3C2=O)C(=O)N1. The Morgan fingerprint density at radius 3 is 2.50 bits per heavy atom. The zero-order chi connectivity index (χ0) is 20.0. The molecule has 28 heavy (non-hydrogen) atoms. The minimum absolute atomic E-state index is 0.0312. The molecule has 2 fully saturated rings. The maximum Gasteiger partial charge on any atom is 0.262 e. The fourth-order valence-electron chi connectivity index (χ4n) is 4.19. The average Bonchev–Trinajstić information content (AvgIpc) is 3.19. The normalized spacial score (nSPS) is 24.8. The van der Waals surface area contributed by atoms with Crippen LogP contribution in [0, 0.1) is 11.7 Å². The van der Waals surface area contributed by atoms with Crippen LogP contribution in [0.5, 0.6) is 0 Å². The molecule has 0 saturated carbocycles. The van der Waals surface area contributed by atoms with Gasteiger partial charge in [0.25, 0.3) is 11.8 Å². The summed E-state index contributed by atoms with van der Waals surface area (Å²) in [5.74, 6) is -2.87. The molecule has 2 N–H and O–H groups in total. The Labute approximate surface area is 160 Å². The van der Waals surface area contributed by atoms with Crippen molar-refractivity contribution in [1.82, 2.24) is 10.2 Å². The van der Waals surface area contributed by atoms with Gasteiger partial charge >= 0.3 is 0 Å². The van der Waals surface area contributed by atoms with Crippen LogP contribution in [0.15, 0.2) is 12.1 Å². The van der Waals surface area contributed by atoms with Gasteiger partial charge in [-0.05, 0) is 37.3 Å². The van der Waals surface area contributed by atoms with E-state index in [0.717, 1.165) is 17.4 Å². The highest BCUT2D eigenvalue weighted by Gasteiger charge is 2.45. The lowest BCUT2D eigenvalue weighted by Crippen LogP contribution is -2.54. The Hall–Kier alpha value is -2.81. The summed E-state index contributed by atoms with van der Waals surface area (Å²) in [6, 6.07) is 1.35. The highest BCUT2D eigenvalue weighted by atomic mass is 19.1. The summed E-state index contributed by atoms with van der Waals surface area (Å²) >= 11 is 0. The lowest BCUT2D eigenvalue weighted by Gasteiger charge is -2.27. The summed E-state index contributed by atoms with van der Waals surface area (Å²) in [6.07, 6.45) is 1.53. The molecule has 0 aromatic heterocycles. The molecular formula is C19H20FN3O5. The van der Waals surface area contributed by atoms with Crippen LogP contribution in [0.2, 0.25) is 0 Å². The molecule has 9 heteroatoms. The van der Waals surface area contributed by atoms with E-state index in [4.69, 9.17) is 5.11 Å². The first-order valence-corrected chi connectivity index (χ1v) is 9.31. The van der Waals surface area contributed by atoms with E-state index in [9.17, 15) is 23.6 Å². The van der Waals surface area contributed by atoms with E-state index in [-0.39, 0.29) is 42.2 Å². The second-order valence-corrected chi connectivity index (χ2v) is 7.41. The summed E-state index contributed by atoms with van der Waals surface area (Å²) < 4.78 is 14.7. The van der Waals surface area contributed by atoms with Crippen LogP contribution in [0.25, 0.3) is 0 Å². The van der Waals surface area contributed by atoms with Crippen LogP contribution in [0.4, 0.5) is 10.1 Å². The van der Waals surface area contributed by atoms with Crippen molar-refractivity contribution < 1.29 is 28.7 Å². The first kappa shape index (κ1) is 18.5. The third kappa shape index (κ3) is 2.95. The highest BCUT2D eigenvalue weighted by molar-refractivity contribution is 6.23. The standard InChI is InChI=1S/C19H20FN3O5/c20-13-7-11-12(8-15(13)22-5-3-10(9-22)4-6-24)19(28)23(18(11)27)14-1-2-16(25)21-17(14)26/h7-8,10,14,24H,1-6,9H2,(H,21,25,26). The van der Waals surface area contributed by atoms with Crippen molar-refractivity contribution in [2.24, 2.45) is 5.92 Å². The molecule has 2 atom stereocenters. The Morgan fingerprint density at radius 1 is 1.11 bits per heavy atom. The Bertz CT molecular complexity index is 887. The fourth-order valence-corrected chi connectivity index (χ4v) is 4.19. The van der Waals surface area contributed by atoms with Gasteiger partial charge in [-0.15, -0.1) is 0 Å². The number of imide groups is 2. The van der Waals surface area contributed by atoms with Gasteiger partial charge in [0.15, 0.2) is 0 Å². The maximum absolute atomic E-state index is 14.7. The smallest absolute Gasteiger partial charge is 0.262 e. The predicted molar refractivity (Wildman–Crippen MR) is 95.1 cm³/mol. The zero-order valence-corrected chi connectivity index (χ0v) is 15.1. The van der Waals surface area contributed by atoms with Crippen LogP contribution < -0.4 is 10.2 Å². The molecule has 1 aromatic rings. The minimum atomic E-state index is -1.07. The number of hydrogen-bond donors (Lipinski definition) is 2. The van der Waals surface area contributed by atoms with Gasteiger partial charge in [0.1, 0.15) is 11.9 Å². The van der Waals surface area contributed by atoms with E-state index in [1.54, 1.807) is 0 Å². The van der Waals surface area contributed by atoms with Crippen molar-refractivity contribution >= 4 is 29.3 Å². The van der Waals surface area contributed by atoms with Gasteiger partial charge in [0.2, 0.25) is 11.8 Å². The summed E-state index contributed by atoms with van der Waals surface area (Å²) in [6.45, 7) is 1.23. The van der Waals surface area contributed by atoms with E-state index in [0.29, 0.717) is 19.5 Å². The number of nitrogens with one attached hydrogen (secondary N) is 1. The molecule has 0 spiro atoms. The lowest BCUT2D eigenvalue weighted by atomic mass is 10.0. The number of amides is 4. The van der Waals surface area contributed by atoms with E-state index in [1.807, 2.05) is 4.90 Å². The number of fused-ring (bicyclic) bond motifs is 1. The number of halogens is 1. The maximum atomic E-state index is 14.7. The molecule has 0 bridgehead atoms. The van der Waals surface area contributed by atoms with Crippen molar-refractivity contribution in [2.45, 2.75) is 31.7 Å². The quantitative estimate of drug-likeness (QED) is 0.724. The van der Waals surface area contributed by atoms with Crippen molar-refractivity contribution in [3.63, 3.8) is 0 Å². The first-order valence-electron chi connectivity index (χ1n) is 9.31. The molecule has 148 valence electrons. The van der Waals surface area contributed by atoms with Crippen molar-refractivity contribution in [3.8, 4) is 0 Å². The van der Waals surface area contributed by atoms with E-state index in [1.165, 1.54) is 6.07 Å². The number of carbonyl (C=O) groups excluding carboxylic acids is 4. The molecule has 3 aliphatic rings. The molecule has 8 nitrogen and oxygen atoms in total. The van der Waals surface area contributed by atoms with Crippen LogP contribution in [0.3, 0.4) is 0 Å². The molecular weight excluding hydrogens is 369 g/mol. The topological polar surface area (TPSA) is 107 Å². The molecule has 3 heterocycles. The number of rotatable bonds is 4. The number of anilines is 1. The van der Waals surface area contributed by atoms with Crippen LogP contribution in [0.1, 0.15) is 46.4 Å². The van der Waals surface area contributed by atoms with Gasteiger partial charge in [-0.3, -0.25) is 29.4 Å². The summed E-state index contributed by atoms with van der Waals surface area (Å²) in [5.41, 5.74) is 0.240. The Morgan fingerprint density at radius 2 is 1.82 bits per heavy atom. The molecule has 4 rings (SSSR count). The number of carbonyl (C=O) groups is 4. The molecule has 2 unspecified atom stereocenters. The Balaban J connectivity index is 1.62. The number of nitrogens with zero attached hydrogens (tertiary/aromatic N) is 2. The monoisotopic (exact) mass is 389 g/mol. The van der Waals surface area contributed by atoms with Crippen molar-refractivity contribution in [1.29, 1.82) is 0 Å². The average molecular weight is 389 g/mol. The number of benzene rings is 1. The number of aliphatic hydroxyl groups excluding tert-OH is 1. The second kappa shape index (κ2) is 6.97. The summed E-state index contributed by atoms with van der Waals surface area (Å²) in [7, 11) is 0. The van der Waals surface area contributed by atoms with Gasteiger partial charge in [-0.1, -0.05) is 0 Å². The van der Waals surface area contributed by atoms with Gasteiger partial charge in [-0.25, -0.2) is 4.39 Å². The largest absolute Gasteiger partial charge is 0.396 e. The predicted octanol–water partition coefficient (Wildman–Crippen LogP) is 0.436. The number of piperidine rings is 1. The van der Waals surface area contributed by atoms with Crippen LogP contribution in [-0.2, 0) is 9.59 Å². The first-order chi connectivity index (χ1) is 13.4. The second-order valence-electron chi connectivity index (χ2n) is 7.41. The third-order valence-corrected chi connectivity index (χ3v) is 5.67. The molecule has 3 aliphatic heterocycles. The molecule has 0 radical (unpaired) electrons. The van der Waals surface area contributed by atoms with Crippen molar-refractivity contribution in [2.75, 3.05) is 24.6 Å². The zero-order valence-electron chi connectivity index (χ0n) is 15.1. The summed E-state index contributed by atoms with van der Waals surface area (Å²) in [5, 5.41) is 11.2. The van der Waals surface area contributed by atoms with Crippen molar-refractivity contribution in [3.05, 3.63) is 29.1 Å². The molecule has 2 saturated heterocycles.